The summed E-state index contributed by atoms with van der Waals surface area (Å²) in [5.41, 5.74) is 3.78. The molecule has 0 saturated heterocycles. The van der Waals surface area contributed by atoms with Crippen molar-refractivity contribution in [2.45, 2.75) is 58.9 Å². The minimum absolute atomic E-state index is 0.126. The van der Waals surface area contributed by atoms with Crippen LogP contribution in [0.1, 0.15) is 62.0 Å². The van der Waals surface area contributed by atoms with E-state index in [9.17, 15) is 4.79 Å². The molecule has 100 valence electrons. The molecule has 1 fully saturated rings. The highest BCUT2D eigenvalue weighted by Gasteiger charge is 2.30. The largest absolute Gasteiger partial charge is 0.481 e. The van der Waals surface area contributed by atoms with Gasteiger partial charge in [0, 0.05) is 17.4 Å². The summed E-state index contributed by atoms with van der Waals surface area (Å²) in [7, 11) is 0. The summed E-state index contributed by atoms with van der Waals surface area (Å²) in [6.07, 6.45) is 2.76. The first kappa shape index (κ1) is 13.2. The molecule has 1 heterocycles. The van der Waals surface area contributed by atoms with Crippen LogP contribution in [0.2, 0.25) is 0 Å². The van der Waals surface area contributed by atoms with Gasteiger partial charge in [0.25, 0.3) is 0 Å². The van der Waals surface area contributed by atoms with E-state index in [2.05, 4.69) is 38.3 Å². The first-order chi connectivity index (χ1) is 8.41. The number of carbonyl (C=O) groups is 1. The van der Waals surface area contributed by atoms with E-state index in [1.165, 1.54) is 29.8 Å². The lowest BCUT2D eigenvalue weighted by molar-refractivity contribution is -0.137. The summed E-state index contributed by atoms with van der Waals surface area (Å²) in [4.78, 5) is 11.0. The van der Waals surface area contributed by atoms with Crippen molar-refractivity contribution in [1.82, 2.24) is 4.57 Å². The first-order valence-electron chi connectivity index (χ1n) is 6.82. The fourth-order valence-corrected chi connectivity index (χ4v) is 2.97. The highest BCUT2D eigenvalue weighted by atomic mass is 16.4. The number of rotatable bonds is 5. The van der Waals surface area contributed by atoms with Crippen LogP contribution < -0.4 is 0 Å². The van der Waals surface area contributed by atoms with Gasteiger partial charge in [-0.1, -0.05) is 13.8 Å². The van der Waals surface area contributed by atoms with Gasteiger partial charge in [-0.05, 0) is 50.2 Å². The monoisotopic (exact) mass is 249 g/mol. The van der Waals surface area contributed by atoms with Gasteiger partial charge in [-0.15, -0.1) is 0 Å². The second kappa shape index (κ2) is 4.79. The van der Waals surface area contributed by atoms with Gasteiger partial charge < -0.3 is 9.67 Å². The normalized spacial score (nSPS) is 17.2. The average molecular weight is 249 g/mol. The van der Waals surface area contributed by atoms with Crippen LogP contribution in [0.3, 0.4) is 0 Å². The number of aliphatic carboxylic acids is 1. The maximum atomic E-state index is 11.0. The van der Waals surface area contributed by atoms with Gasteiger partial charge in [-0.2, -0.15) is 0 Å². The van der Waals surface area contributed by atoms with Gasteiger partial charge in [0.1, 0.15) is 0 Å². The third-order valence-corrected chi connectivity index (χ3v) is 4.03. The van der Waals surface area contributed by atoms with Gasteiger partial charge >= 0.3 is 5.97 Å². The predicted octanol–water partition coefficient (Wildman–Crippen LogP) is 3.65. The Hall–Kier alpha value is -1.25. The van der Waals surface area contributed by atoms with Crippen molar-refractivity contribution in [3.05, 3.63) is 23.0 Å². The van der Waals surface area contributed by atoms with Crippen LogP contribution in [0, 0.1) is 19.8 Å². The zero-order valence-corrected chi connectivity index (χ0v) is 11.7. The molecule has 1 aromatic rings. The standard InChI is InChI=1S/C15H23NO2/c1-9(2)13(8-15(17)18)14-7-10(3)16(11(14)4)12-5-6-12/h7,9,12-13H,5-6,8H2,1-4H3,(H,17,18). The summed E-state index contributed by atoms with van der Waals surface area (Å²) in [6.45, 7) is 8.48. The van der Waals surface area contributed by atoms with Crippen LogP contribution in [-0.2, 0) is 4.79 Å². The summed E-state index contributed by atoms with van der Waals surface area (Å²) >= 11 is 0. The smallest absolute Gasteiger partial charge is 0.303 e. The van der Waals surface area contributed by atoms with Crippen molar-refractivity contribution in [2.75, 3.05) is 0 Å². The molecule has 0 aromatic carbocycles. The quantitative estimate of drug-likeness (QED) is 0.865. The van der Waals surface area contributed by atoms with Crippen molar-refractivity contribution in [3.63, 3.8) is 0 Å². The van der Waals surface area contributed by atoms with Crippen molar-refractivity contribution < 1.29 is 9.90 Å². The maximum Gasteiger partial charge on any atom is 0.303 e. The van der Waals surface area contributed by atoms with Crippen LogP contribution in [-0.4, -0.2) is 15.6 Å². The number of hydrogen-bond acceptors (Lipinski definition) is 1. The summed E-state index contributed by atoms with van der Waals surface area (Å²) in [5, 5.41) is 9.08. The molecule has 1 unspecified atom stereocenters. The number of carboxylic acid groups (broad SMARTS) is 1. The summed E-state index contributed by atoms with van der Waals surface area (Å²) in [5.74, 6) is -0.222. The van der Waals surface area contributed by atoms with E-state index in [0.717, 1.165) is 0 Å². The third kappa shape index (κ3) is 2.45. The molecular formula is C15H23NO2. The molecule has 0 radical (unpaired) electrons. The van der Waals surface area contributed by atoms with Gasteiger partial charge in [0.15, 0.2) is 0 Å². The van der Waals surface area contributed by atoms with Crippen molar-refractivity contribution >= 4 is 5.97 Å². The van der Waals surface area contributed by atoms with E-state index in [0.29, 0.717) is 12.0 Å². The van der Waals surface area contributed by atoms with Crippen molar-refractivity contribution in [1.29, 1.82) is 0 Å². The zero-order valence-electron chi connectivity index (χ0n) is 11.7. The average Bonchev–Trinajstić information content (AvgIpc) is 3.02. The molecule has 1 N–H and O–H groups in total. The molecule has 18 heavy (non-hydrogen) atoms. The van der Waals surface area contributed by atoms with E-state index < -0.39 is 5.97 Å². The Bertz CT molecular complexity index is 455. The van der Waals surface area contributed by atoms with Crippen LogP contribution >= 0.6 is 0 Å². The van der Waals surface area contributed by atoms with Crippen LogP contribution in [0.5, 0.6) is 0 Å². The number of carboxylic acids is 1. The Kier molecular flexibility index (Phi) is 3.51. The van der Waals surface area contributed by atoms with E-state index in [4.69, 9.17) is 5.11 Å². The fourth-order valence-electron chi connectivity index (χ4n) is 2.97. The van der Waals surface area contributed by atoms with E-state index >= 15 is 0 Å². The molecule has 0 spiro atoms. The Morgan fingerprint density at radius 1 is 1.44 bits per heavy atom. The minimum atomic E-state index is -0.704. The molecule has 0 amide bonds. The molecule has 1 atom stereocenters. The first-order valence-corrected chi connectivity index (χ1v) is 6.82. The second-order valence-corrected chi connectivity index (χ2v) is 5.88. The lowest BCUT2D eigenvalue weighted by Crippen LogP contribution is -2.13. The number of aryl methyl sites for hydroxylation is 1. The molecule has 1 aliphatic carbocycles. The topological polar surface area (TPSA) is 42.2 Å². The molecule has 3 nitrogen and oxygen atoms in total. The van der Waals surface area contributed by atoms with E-state index in [-0.39, 0.29) is 12.3 Å². The lowest BCUT2D eigenvalue weighted by Gasteiger charge is -2.19. The van der Waals surface area contributed by atoms with Gasteiger partial charge in [0.05, 0.1) is 6.42 Å². The Labute approximate surface area is 109 Å². The number of nitrogens with zero attached hydrogens (tertiary/aromatic N) is 1. The zero-order chi connectivity index (χ0) is 13.4. The molecule has 1 aliphatic rings. The molecule has 3 heteroatoms. The van der Waals surface area contributed by atoms with Gasteiger partial charge in [-0.3, -0.25) is 4.79 Å². The lowest BCUT2D eigenvalue weighted by atomic mass is 9.86. The molecule has 2 rings (SSSR count). The summed E-state index contributed by atoms with van der Waals surface area (Å²) < 4.78 is 2.40. The van der Waals surface area contributed by atoms with Crippen LogP contribution in [0.4, 0.5) is 0 Å². The maximum absolute atomic E-state index is 11.0. The highest BCUT2D eigenvalue weighted by molar-refractivity contribution is 5.68. The third-order valence-electron chi connectivity index (χ3n) is 4.03. The van der Waals surface area contributed by atoms with Crippen molar-refractivity contribution in [3.8, 4) is 0 Å². The van der Waals surface area contributed by atoms with Gasteiger partial charge in [0.2, 0.25) is 0 Å². The highest BCUT2D eigenvalue weighted by Crippen LogP contribution is 2.41. The number of aromatic nitrogens is 1. The van der Waals surface area contributed by atoms with Crippen LogP contribution in [0.25, 0.3) is 0 Å². The molecule has 0 bridgehead atoms. The predicted molar refractivity (Wildman–Crippen MR) is 72.0 cm³/mol. The Morgan fingerprint density at radius 2 is 2.06 bits per heavy atom. The Balaban J connectivity index is 2.35. The SMILES string of the molecule is Cc1cc(C(CC(=O)O)C(C)C)c(C)n1C1CC1. The number of hydrogen-bond donors (Lipinski definition) is 1. The molecule has 1 saturated carbocycles. The van der Waals surface area contributed by atoms with Crippen LogP contribution in [0.15, 0.2) is 6.07 Å². The Morgan fingerprint density at radius 3 is 2.50 bits per heavy atom. The molecule has 0 aliphatic heterocycles. The molecular weight excluding hydrogens is 226 g/mol. The molecule has 1 aromatic heterocycles. The van der Waals surface area contributed by atoms with E-state index in [1.54, 1.807) is 0 Å². The second-order valence-electron chi connectivity index (χ2n) is 5.88. The fraction of sp³-hybridized carbons (Fsp3) is 0.667. The summed E-state index contributed by atoms with van der Waals surface area (Å²) in [6, 6.07) is 2.86. The minimum Gasteiger partial charge on any atom is -0.481 e. The van der Waals surface area contributed by atoms with Crippen molar-refractivity contribution in [2.24, 2.45) is 5.92 Å². The van der Waals surface area contributed by atoms with Gasteiger partial charge in [-0.25, -0.2) is 0 Å². The van der Waals surface area contributed by atoms with E-state index in [1.807, 2.05) is 0 Å².